The molecule has 23 heavy (non-hydrogen) atoms. The molecule has 0 saturated carbocycles. The van der Waals surface area contributed by atoms with Crippen LogP contribution in [0.5, 0.6) is 5.75 Å². The molecule has 2 N–H and O–H groups in total. The maximum atomic E-state index is 12.5. The Balaban J connectivity index is 3.03. The number of halogens is 2. The first-order valence-electron chi connectivity index (χ1n) is 6.80. The van der Waals surface area contributed by atoms with E-state index in [0.29, 0.717) is 6.42 Å². The summed E-state index contributed by atoms with van der Waals surface area (Å²) in [5, 5.41) is 2.63. The molecule has 1 aromatic carbocycles. The summed E-state index contributed by atoms with van der Waals surface area (Å²) in [5.41, 5.74) is -0.832. The number of nitrogens with one attached hydrogen (secondary N) is 2. The Labute approximate surface area is 146 Å². The van der Waals surface area contributed by atoms with Gasteiger partial charge in [-0.2, -0.15) is 0 Å². The molecule has 9 heteroatoms. The Bertz CT molecular complexity index is 690. The van der Waals surface area contributed by atoms with Crippen LogP contribution in [0.1, 0.15) is 26.7 Å². The summed E-state index contributed by atoms with van der Waals surface area (Å²) in [4.78, 5) is 11.2. The minimum atomic E-state index is -3.90. The van der Waals surface area contributed by atoms with Crippen molar-refractivity contribution in [1.82, 2.24) is 10.0 Å². The van der Waals surface area contributed by atoms with Crippen molar-refractivity contribution < 1.29 is 17.9 Å². The summed E-state index contributed by atoms with van der Waals surface area (Å²) < 4.78 is 32.6. The van der Waals surface area contributed by atoms with Gasteiger partial charge in [-0.25, -0.2) is 13.1 Å². The molecular formula is C14H20Cl2N2O4S. The minimum absolute atomic E-state index is 0.000788. The number of methoxy groups -OCH3 is 1. The van der Waals surface area contributed by atoms with Crippen LogP contribution in [-0.2, 0) is 14.8 Å². The third-order valence-corrected chi connectivity index (χ3v) is 5.62. The number of hydrogen-bond acceptors (Lipinski definition) is 4. The molecule has 1 rings (SSSR count). The Morgan fingerprint density at radius 2 is 1.87 bits per heavy atom. The lowest BCUT2D eigenvalue weighted by atomic mass is 10.00. The quantitative estimate of drug-likeness (QED) is 0.758. The van der Waals surface area contributed by atoms with Crippen LogP contribution in [0.2, 0.25) is 10.0 Å². The van der Waals surface area contributed by atoms with Crippen LogP contribution in [0.3, 0.4) is 0 Å². The predicted molar refractivity (Wildman–Crippen MR) is 90.7 cm³/mol. The van der Waals surface area contributed by atoms with Gasteiger partial charge in [0.1, 0.15) is 10.6 Å². The van der Waals surface area contributed by atoms with Crippen molar-refractivity contribution in [3.05, 3.63) is 22.2 Å². The lowest BCUT2D eigenvalue weighted by Gasteiger charge is -2.26. The number of carbonyl (C=O) groups is 1. The van der Waals surface area contributed by atoms with Gasteiger partial charge in [0.25, 0.3) is 0 Å². The van der Waals surface area contributed by atoms with Crippen LogP contribution in [-0.4, -0.2) is 34.0 Å². The number of carbonyl (C=O) groups excluding carboxylic acids is 1. The molecule has 1 aromatic rings. The van der Waals surface area contributed by atoms with Crippen LogP contribution in [0.25, 0.3) is 0 Å². The highest BCUT2D eigenvalue weighted by atomic mass is 35.5. The molecule has 0 atom stereocenters. The summed E-state index contributed by atoms with van der Waals surface area (Å²) in [6.45, 7) is 3.37. The molecule has 6 nitrogen and oxygen atoms in total. The molecule has 0 aliphatic heterocycles. The highest BCUT2D eigenvalue weighted by Gasteiger charge is 2.29. The van der Waals surface area contributed by atoms with Gasteiger partial charge in [0.15, 0.2) is 0 Å². The second-order valence-electron chi connectivity index (χ2n) is 5.58. The van der Waals surface area contributed by atoms with Crippen molar-refractivity contribution in [1.29, 1.82) is 0 Å². The van der Waals surface area contributed by atoms with Gasteiger partial charge in [0, 0.05) is 25.1 Å². The molecule has 130 valence electrons. The number of amides is 1. The molecule has 0 heterocycles. The fraction of sp³-hybridized carbons (Fsp3) is 0.500. The fourth-order valence-corrected chi connectivity index (χ4v) is 4.19. The molecule has 0 aromatic heterocycles. The Morgan fingerprint density at radius 1 is 1.26 bits per heavy atom. The zero-order valence-corrected chi connectivity index (χ0v) is 15.7. The van der Waals surface area contributed by atoms with Crippen LogP contribution in [0.4, 0.5) is 0 Å². The maximum absolute atomic E-state index is 12.5. The molecule has 0 fully saturated rings. The van der Waals surface area contributed by atoms with Crippen LogP contribution in [0, 0.1) is 0 Å². The normalized spacial score (nSPS) is 12.1. The summed E-state index contributed by atoms with van der Waals surface area (Å²) in [6, 6.07) is 2.58. The van der Waals surface area contributed by atoms with E-state index in [0.717, 1.165) is 0 Å². The van der Waals surface area contributed by atoms with Gasteiger partial charge in [0.05, 0.1) is 17.2 Å². The van der Waals surface area contributed by atoms with Gasteiger partial charge in [-0.05, 0) is 26.3 Å². The predicted octanol–water partition coefficient (Wildman–Crippen LogP) is 2.59. The van der Waals surface area contributed by atoms with Crippen molar-refractivity contribution in [3.63, 3.8) is 0 Å². The molecule has 0 aliphatic carbocycles. The Kier molecular flexibility index (Phi) is 6.70. The fourth-order valence-electron chi connectivity index (χ4n) is 1.89. The number of rotatable bonds is 7. The van der Waals surface area contributed by atoms with Crippen LogP contribution >= 0.6 is 23.2 Å². The van der Waals surface area contributed by atoms with E-state index in [9.17, 15) is 13.2 Å². The standard InChI is InChI=1S/C14H20Cl2N2O4S/c1-14(2,6-5-13(19)17-3)18-23(20,21)12-8-9(15)11(22-4)7-10(12)16/h7-8,18H,5-6H2,1-4H3,(H,17,19). The second kappa shape index (κ2) is 7.70. The Hall–Kier alpha value is -1.02. The smallest absolute Gasteiger partial charge is 0.242 e. The summed E-state index contributed by atoms with van der Waals surface area (Å²) in [6.07, 6.45) is 0.524. The molecule has 0 spiro atoms. The van der Waals surface area contributed by atoms with E-state index < -0.39 is 15.6 Å². The largest absolute Gasteiger partial charge is 0.495 e. The zero-order valence-electron chi connectivity index (χ0n) is 13.4. The van der Waals surface area contributed by atoms with Crippen LogP contribution < -0.4 is 14.8 Å². The number of benzene rings is 1. The molecule has 0 unspecified atom stereocenters. The summed E-state index contributed by atoms with van der Waals surface area (Å²) >= 11 is 12.0. The van der Waals surface area contributed by atoms with Gasteiger partial charge < -0.3 is 10.1 Å². The van der Waals surface area contributed by atoms with E-state index in [1.807, 2.05) is 0 Å². The zero-order chi connectivity index (χ0) is 17.8. The highest BCUT2D eigenvalue weighted by Crippen LogP contribution is 2.33. The van der Waals surface area contributed by atoms with E-state index >= 15 is 0 Å². The molecule has 0 bridgehead atoms. The van der Waals surface area contributed by atoms with Gasteiger partial charge in [-0.1, -0.05) is 23.2 Å². The first-order chi connectivity index (χ1) is 10.5. The van der Waals surface area contributed by atoms with Gasteiger partial charge in [-0.15, -0.1) is 0 Å². The topological polar surface area (TPSA) is 84.5 Å². The Morgan fingerprint density at radius 3 is 2.39 bits per heavy atom. The molecule has 1 amide bonds. The van der Waals surface area contributed by atoms with Crippen molar-refractivity contribution in [2.24, 2.45) is 0 Å². The van der Waals surface area contributed by atoms with E-state index in [-0.39, 0.29) is 33.0 Å². The highest BCUT2D eigenvalue weighted by molar-refractivity contribution is 7.89. The van der Waals surface area contributed by atoms with E-state index in [4.69, 9.17) is 27.9 Å². The molecule has 0 radical (unpaired) electrons. The first kappa shape index (κ1) is 20.0. The summed E-state index contributed by atoms with van der Waals surface area (Å²) in [7, 11) is -0.969. The second-order valence-corrected chi connectivity index (χ2v) is 8.04. The average molecular weight is 383 g/mol. The monoisotopic (exact) mass is 382 g/mol. The third-order valence-electron chi connectivity index (χ3n) is 3.16. The van der Waals surface area contributed by atoms with Crippen molar-refractivity contribution in [2.45, 2.75) is 37.1 Å². The minimum Gasteiger partial charge on any atom is -0.495 e. The number of sulfonamides is 1. The van der Waals surface area contributed by atoms with E-state index in [1.165, 1.54) is 26.3 Å². The van der Waals surface area contributed by atoms with E-state index in [2.05, 4.69) is 10.0 Å². The summed E-state index contributed by atoms with van der Waals surface area (Å²) in [5.74, 6) is 0.122. The van der Waals surface area contributed by atoms with Gasteiger partial charge in [-0.3, -0.25) is 4.79 Å². The third kappa shape index (κ3) is 5.53. The molecular weight excluding hydrogens is 363 g/mol. The average Bonchev–Trinajstić information content (AvgIpc) is 2.45. The maximum Gasteiger partial charge on any atom is 0.242 e. The van der Waals surface area contributed by atoms with Gasteiger partial charge >= 0.3 is 0 Å². The van der Waals surface area contributed by atoms with Crippen molar-refractivity contribution in [2.75, 3.05) is 14.2 Å². The van der Waals surface area contributed by atoms with Crippen LogP contribution in [0.15, 0.2) is 17.0 Å². The molecule has 0 saturated heterocycles. The van der Waals surface area contributed by atoms with E-state index in [1.54, 1.807) is 13.8 Å². The van der Waals surface area contributed by atoms with Crippen molar-refractivity contribution >= 4 is 39.1 Å². The number of ether oxygens (including phenoxy) is 1. The van der Waals surface area contributed by atoms with Gasteiger partial charge in [0.2, 0.25) is 15.9 Å². The SMILES string of the molecule is CNC(=O)CCC(C)(C)NS(=O)(=O)c1cc(Cl)c(OC)cc1Cl. The van der Waals surface area contributed by atoms with Crippen molar-refractivity contribution in [3.8, 4) is 5.75 Å². The number of hydrogen-bond donors (Lipinski definition) is 2. The molecule has 0 aliphatic rings. The first-order valence-corrected chi connectivity index (χ1v) is 9.04. The lowest BCUT2D eigenvalue weighted by molar-refractivity contribution is -0.120. The lowest BCUT2D eigenvalue weighted by Crippen LogP contribution is -2.44.